The summed E-state index contributed by atoms with van der Waals surface area (Å²) < 4.78 is 0. The van der Waals surface area contributed by atoms with Gasteiger partial charge >= 0.3 is 0 Å². The zero-order valence-electron chi connectivity index (χ0n) is 9.76. The van der Waals surface area contributed by atoms with Crippen LogP contribution in [0.1, 0.15) is 29.8 Å². The molecule has 0 unspecified atom stereocenters. The number of rotatable bonds is 0. The first-order valence-corrected chi connectivity index (χ1v) is 5.61. The number of nitrogens with zero attached hydrogens (tertiary/aromatic N) is 1. The Morgan fingerprint density at radius 2 is 2.12 bits per heavy atom. The molecule has 1 aromatic rings. The third kappa shape index (κ3) is 2.27. The SMILES string of the molecule is CN(C)C(=O)C#Cc1cc2c([nH]1)CCCC2. The monoisotopic (exact) mass is 216 g/mol. The summed E-state index contributed by atoms with van der Waals surface area (Å²) in [5.41, 5.74) is 3.53. The summed E-state index contributed by atoms with van der Waals surface area (Å²) in [6.07, 6.45) is 4.75. The molecule has 0 aromatic carbocycles. The third-order valence-corrected chi connectivity index (χ3v) is 2.82. The molecule has 1 heterocycles. The van der Waals surface area contributed by atoms with Gasteiger partial charge in [0.05, 0.1) is 5.69 Å². The summed E-state index contributed by atoms with van der Waals surface area (Å²) >= 11 is 0. The van der Waals surface area contributed by atoms with Crippen molar-refractivity contribution in [1.29, 1.82) is 0 Å². The number of carbonyl (C=O) groups excluding carboxylic acids is 1. The van der Waals surface area contributed by atoms with Crippen molar-refractivity contribution in [3.63, 3.8) is 0 Å². The molecule has 0 atom stereocenters. The van der Waals surface area contributed by atoms with Crippen molar-refractivity contribution in [2.24, 2.45) is 0 Å². The Bertz CT molecular complexity index is 437. The maximum Gasteiger partial charge on any atom is 0.298 e. The highest BCUT2D eigenvalue weighted by molar-refractivity contribution is 5.93. The lowest BCUT2D eigenvalue weighted by Gasteiger charge is -2.08. The first-order valence-electron chi connectivity index (χ1n) is 5.61. The highest BCUT2D eigenvalue weighted by atomic mass is 16.2. The number of hydrogen-bond acceptors (Lipinski definition) is 1. The number of H-pyrrole nitrogens is 1. The molecule has 3 heteroatoms. The van der Waals surface area contributed by atoms with Gasteiger partial charge in [0.1, 0.15) is 0 Å². The van der Waals surface area contributed by atoms with Gasteiger partial charge in [-0.15, -0.1) is 0 Å². The maximum absolute atomic E-state index is 11.3. The molecule has 0 fully saturated rings. The van der Waals surface area contributed by atoms with E-state index in [1.807, 2.05) is 0 Å². The fraction of sp³-hybridized carbons (Fsp3) is 0.462. The van der Waals surface area contributed by atoms with Crippen LogP contribution in [-0.2, 0) is 17.6 Å². The van der Waals surface area contributed by atoms with E-state index >= 15 is 0 Å². The number of nitrogens with one attached hydrogen (secondary N) is 1. The Labute approximate surface area is 95.8 Å². The fourth-order valence-electron chi connectivity index (χ4n) is 1.90. The molecule has 1 N–H and O–H groups in total. The van der Waals surface area contributed by atoms with Crippen molar-refractivity contribution in [2.45, 2.75) is 25.7 Å². The van der Waals surface area contributed by atoms with Crippen LogP contribution in [0, 0.1) is 11.8 Å². The molecular formula is C13H16N2O. The molecule has 0 spiro atoms. The minimum absolute atomic E-state index is 0.160. The van der Waals surface area contributed by atoms with Gasteiger partial charge in [-0.1, -0.05) is 0 Å². The molecular weight excluding hydrogens is 200 g/mol. The van der Waals surface area contributed by atoms with Crippen molar-refractivity contribution in [3.05, 3.63) is 23.0 Å². The van der Waals surface area contributed by atoms with Crippen LogP contribution in [0.3, 0.4) is 0 Å². The number of fused-ring (bicyclic) bond motifs is 1. The second kappa shape index (κ2) is 4.44. The second-order valence-electron chi connectivity index (χ2n) is 4.34. The Morgan fingerprint density at radius 3 is 2.81 bits per heavy atom. The summed E-state index contributed by atoms with van der Waals surface area (Å²) in [5.74, 6) is 5.34. The zero-order valence-corrected chi connectivity index (χ0v) is 9.76. The lowest BCUT2D eigenvalue weighted by Crippen LogP contribution is -2.19. The normalized spacial score (nSPS) is 13.6. The molecule has 1 aliphatic rings. The summed E-state index contributed by atoms with van der Waals surface area (Å²) in [6, 6.07) is 2.07. The first kappa shape index (κ1) is 10.8. The Kier molecular flexibility index (Phi) is 3.00. The predicted octanol–water partition coefficient (Wildman–Crippen LogP) is 1.33. The third-order valence-electron chi connectivity index (χ3n) is 2.82. The van der Waals surface area contributed by atoms with Crippen LogP contribution in [0.25, 0.3) is 0 Å². The van der Waals surface area contributed by atoms with E-state index in [2.05, 4.69) is 22.9 Å². The van der Waals surface area contributed by atoms with Crippen molar-refractivity contribution in [2.75, 3.05) is 14.1 Å². The van der Waals surface area contributed by atoms with Crippen LogP contribution >= 0.6 is 0 Å². The van der Waals surface area contributed by atoms with Crippen LogP contribution in [0.4, 0.5) is 0 Å². The average Bonchev–Trinajstić information content (AvgIpc) is 2.68. The molecule has 0 aliphatic heterocycles. The lowest BCUT2D eigenvalue weighted by molar-refractivity contribution is -0.122. The lowest BCUT2D eigenvalue weighted by atomic mass is 9.98. The van der Waals surface area contributed by atoms with E-state index in [0.29, 0.717) is 0 Å². The van der Waals surface area contributed by atoms with Gasteiger partial charge in [-0.2, -0.15) is 0 Å². The maximum atomic E-state index is 11.3. The minimum atomic E-state index is -0.160. The molecule has 1 aromatic heterocycles. The molecule has 1 amide bonds. The molecule has 16 heavy (non-hydrogen) atoms. The van der Waals surface area contributed by atoms with Crippen LogP contribution in [0.2, 0.25) is 0 Å². The van der Waals surface area contributed by atoms with Gasteiger partial charge in [0, 0.05) is 25.7 Å². The van der Waals surface area contributed by atoms with Gasteiger partial charge in [0.25, 0.3) is 5.91 Å². The molecule has 2 rings (SSSR count). The summed E-state index contributed by atoms with van der Waals surface area (Å²) in [4.78, 5) is 16.1. The van der Waals surface area contributed by atoms with E-state index < -0.39 is 0 Å². The molecule has 3 nitrogen and oxygen atoms in total. The fourth-order valence-corrected chi connectivity index (χ4v) is 1.90. The Balaban J connectivity index is 2.16. The van der Waals surface area contributed by atoms with Gasteiger partial charge in [-0.3, -0.25) is 4.79 Å². The number of hydrogen-bond donors (Lipinski definition) is 1. The standard InChI is InChI=1S/C13H16N2O/c1-15(2)13(16)8-7-11-9-10-5-3-4-6-12(10)14-11/h9,14H,3-6H2,1-2H3. The number of aryl methyl sites for hydroxylation is 2. The highest BCUT2D eigenvalue weighted by Gasteiger charge is 2.11. The van der Waals surface area contributed by atoms with Gasteiger partial charge in [0.2, 0.25) is 0 Å². The summed E-state index contributed by atoms with van der Waals surface area (Å²) in [5, 5.41) is 0. The molecule has 0 saturated carbocycles. The largest absolute Gasteiger partial charge is 0.352 e. The summed E-state index contributed by atoms with van der Waals surface area (Å²) in [7, 11) is 3.41. The van der Waals surface area contributed by atoms with Gasteiger partial charge < -0.3 is 9.88 Å². The number of aromatic nitrogens is 1. The predicted molar refractivity (Wildman–Crippen MR) is 63.0 cm³/mol. The minimum Gasteiger partial charge on any atom is -0.352 e. The smallest absolute Gasteiger partial charge is 0.298 e. The Hall–Kier alpha value is -1.69. The highest BCUT2D eigenvalue weighted by Crippen LogP contribution is 2.20. The van der Waals surface area contributed by atoms with Crippen LogP contribution in [0.15, 0.2) is 6.07 Å². The second-order valence-corrected chi connectivity index (χ2v) is 4.34. The molecule has 84 valence electrons. The number of amides is 1. The van der Waals surface area contributed by atoms with E-state index in [-0.39, 0.29) is 5.91 Å². The first-order chi connectivity index (χ1) is 7.66. The molecule has 0 radical (unpaired) electrons. The number of aromatic amines is 1. The quantitative estimate of drug-likeness (QED) is 0.653. The van der Waals surface area contributed by atoms with Gasteiger partial charge in [0.15, 0.2) is 0 Å². The summed E-state index contributed by atoms with van der Waals surface area (Å²) in [6.45, 7) is 0. The van der Waals surface area contributed by atoms with E-state index in [1.165, 1.54) is 29.0 Å². The Morgan fingerprint density at radius 1 is 1.38 bits per heavy atom. The van der Waals surface area contributed by atoms with E-state index in [4.69, 9.17) is 0 Å². The van der Waals surface area contributed by atoms with Crippen molar-refractivity contribution < 1.29 is 4.79 Å². The average molecular weight is 216 g/mol. The van der Waals surface area contributed by atoms with Crippen LogP contribution in [-0.4, -0.2) is 29.9 Å². The molecule has 0 bridgehead atoms. The number of carbonyl (C=O) groups is 1. The van der Waals surface area contributed by atoms with Gasteiger partial charge in [-0.25, -0.2) is 0 Å². The van der Waals surface area contributed by atoms with E-state index in [9.17, 15) is 4.79 Å². The van der Waals surface area contributed by atoms with E-state index in [0.717, 1.165) is 18.5 Å². The van der Waals surface area contributed by atoms with Crippen molar-refractivity contribution in [3.8, 4) is 11.8 Å². The van der Waals surface area contributed by atoms with Crippen molar-refractivity contribution in [1.82, 2.24) is 9.88 Å². The molecule has 0 saturated heterocycles. The van der Waals surface area contributed by atoms with E-state index in [1.54, 1.807) is 14.1 Å². The van der Waals surface area contributed by atoms with Crippen LogP contribution < -0.4 is 0 Å². The van der Waals surface area contributed by atoms with Gasteiger partial charge in [-0.05, 0) is 43.2 Å². The topological polar surface area (TPSA) is 36.1 Å². The zero-order chi connectivity index (χ0) is 11.5. The molecule has 1 aliphatic carbocycles. The van der Waals surface area contributed by atoms with Crippen molar-refractivity contribution >= 4 is 5.91 Å². The van der Waals surface area contributed by atoms with Crippen LogP contribution in [0.5, 0.6) is 0 Å².